The van der Waals surface area contributed by atoms with Crippen molar-refractivity contribution in [2.24, 2.45) is 11.8 Å². The molecule has 2 unspecified atom stereocenters. The van der Waals surface area contributed by atoms with Gasteiger partial charge in [0.15, 0.2) is 0 Å². The summed E-state index contributed by atoms with van der Waals surface area (Å²) in [5.74, 6) is 4.59. The van der Waals surface area contributed by atoms with Crippen LogP contribution in [0, 0.1) is 11.8 Å². The van der Waals surface area contributed by atoms with E-state index in [0.717, 1.165) is 31.8 Å². The quantitative estimate of drug-likeness (QED) is 0.412. The second-order valence-electron chi connectivity index (χ2n) is 10.00. The summed E-state index contributed by atoms with van der Waals surface area (Å²) in [7, 11) is -2.97. The first-order chi connectivity index (χ1) is 14.9. The van der Waals surface area contributed by atoms with Gasteiger partial charge in [0.25, 0.3) is 0 Å². The summed E-state index contributed by atoms with van der Waals surface area (Å²) in [5.41, 5.74) is 0. The van der Waals surface area contributed by atoms with Crippen molar-refractivity contribution in [3.05, 3.63) is 30.3 Å². The van der Waals surface area contributed by atoms with E-state index in [1.54, 1.807) is 0 Å². The van der Waals surface area contributed by atoms with Gasteiger partial charge in [-0.3, -0.25) is 0 Å². The molecule has 0 aliphatic carbocycles. The van der Waals surface area contributed by atoms with Gasteiger partial charge in [0.05, 0.1) is 0 Å². The van der Waals surface area contributed by atoms with Gasteiger partial charge in [-0.2, -0.15) is 0 Å². The maximum atomic E-state index is 6.78. The molecule has 0 radical (unpaired) electrons. The second kappa shape index (κ2) is 14.1. The number of hydrogen-bond donors (Lipinski definition) is 0. The topological polar surface area (TPSA) is 27.7 Å². The van der Waals surface area contributed by atoms with Crippen molar-refractivity contribution in [1.82, 2.24) is 0 Å². The van der Waals surface area contributed by atoms with Crippen molar-refractivity contribution in [2.75, 3.05) is 24.7 Å². The standard InChI is InChI=1S/C26H47O3PS/c1-6-23-15-11-13-19-31-20-14-12-16-24(7-2)22-28-30(27-21-23,26(3,4)5)29-25-17-9-8-10-18-25/h8-10,17-18,23-24,30H,6-7,11-16,19-22H2,1-5H3. The molecule has 3 nitrogen and oxygen atoms in total. The van der Waals surface area contributed by atoms with E-state index in [2.05, 4.69) is 46.4 Å². The van der Waals surface area contributed by atoms with Gasteiger partial charge in [-0.25, -0.2) is 0 Å². The van der Waals surface area contributed by atoms with E-state index in [9.17, 15) is 0 Å². The van der Waals surface area contributed by atoms with Crippen LogP contribution in [0.2, 0.25) is 0 Å². The Morgan fingerprint density at radius 3 is 1.84 bits per heavy atom. The van der Waals surface area contributed by atoms with Gasteiger partial charge in [0, 0.05) is 0 Å². The monoisotopic (exact) mass is 470 g/mol. The summed E-state index contributed by atoms with van der Waals surface area (Å²) in [6.07, 6.45) is 9.96. The van der Waals surface area contributed by atoms with Crippen LogP contribution >= 0.6 is 19.7 Å². The van der Waals surface area contributed by atoms with Crippen LogP contribution in [0.3, 0.4) is 0 Å². The molecule has 1 saturated heterocycles. The van der Waals surface area contributed by atoms with Crippen LogP contribution in [0.5, 0.6) is 5.75 Å². The van der Waals surface area contributed by atoms with Gasteiger partial charge in [0.1, 0.15) is 0 Å². The molecular weight excluding hydrogens is 423 g/mol. The summed E-state index contributed by atoms with van der Waals surface area (Å²) in [6, 6.07) is 10.1. The average Bonchev–Trinajstić information content (AvgIpc) is 2.75. The van der Waals surface area contributed by atoms with Crippen LogP contribution < -0.4 is 4.52 Å². The fraction of sp³-hybridized carbons (Fsp3) is 0.769. The van der Waals surface area contributed by atoms with Crippen molar-refractivity contribution in [1.29, 1.82) is 0 Å². The van der Waals surface area contributed by atoms with Gasteiger partial charge in [0.2, 0.25) is 0 Å². The van der Waals surface area contributed by atoms with Gasteiger partial charge in [-0.1, -0.05) is 0 Å². The number of hydrogen-bond acceptors (Lipinski definition) is 4. The van der Waals surface area contributed by atoms with E-state index < -0.39 is 7.94 Å². The van der Waals surface area contributed by atoms with Crippen LogP contribution in [-0.4, -0.2) is 29.9 Å². The average molecular weight is 471 g/mol. The molecule has 1 aromatic rings. The zero-order valence-electron chi connectivity index (χ0n) is 20.7. The molecule has 1 fully saturated rings. The molecule has 2 atom stereocenters. The fourth-order valence-electron chi connectivity index (χ4n) is 3.97. The summed E-state index contributed by atoms with van der Waals surface area (Å²) >= 11 is 2.14. The van der Waals surface area contributed by atoms with E-state index in [-0.39, 0.29) is 5.16 Å². The van der Waals surface area contributed by atoms with Crippen LogP contribution in [0.15, 0.2) is 30.3 Å². The summed E-state index contributed by atoms with van der Waals surface area (Å²) in [6.45, 7) is 12.7. The Labute approximate surface area is 197 Å². The molecule has 0 saturated carbocycles. The molecule has 1 aliphatic rings. The van der Waals surface area contributed by atoms with Gasteiger partial charge in [-0.05, 0) is 0 Å². The van der Waals surface area contributed by atoms with Crippen molar-refractivity contribution < 1.29 is 13.6 Å². The Bertz CT molecular complexity index is 568. The molecule has 0 bridgehead atoms. The molecule has 180 valence electrons. The third kappa shape index (κ3) is 9.24. The van der Waals surface area contributed by atoms with Crippen molar-refractivity contribution in [2.45, 2.75) is 91.1 Å². The molecule has 1 aliphatic heterocycles. The maximum absolute atomic E-state index is 6.78. The van der Waals surface area contributed by atoms with Gasteiger partial charge < -0.3 is 0 Å². The number of para-hydroxylation sites is 1. The third-order valence-corrected chi connectivity index (χ3v) is 11.0. The van der Waals surface area contributed by atoms with Gasteiger partial charge in [-0.15, -0.1) is 0 Å². The van der Waals surface area contributed by atoms with Crippen LogP contribution in [-0.2, 0) is 9.05 Å². The van der Waals surface area contributed by atoms with E-state index in [1.165, 1.54) is 50.0 Å². The molecule has 5 heteroatoms. The normalized spacial score (nSPS) is 26.1. The first-order valence-electron chi connectivity index (χ1n) is 12.5. The molecule has 2 rings (SSSR count). The van der Waals surface area contributed by atoms with E-state index >= 15 is 0 Å². The third-order valence-electron chi connectivity index (χ3n) is 6.39. The Kier molecular flexibility index (Phi) is 12.3. The Hall–Kier alpha value is -0.280. The first kappa shape index (κ1) is 27.0. The fourth-order valence-corrected chi connectivity index (χ4v) is 7.72. The van der Waals surface area contributed by atoms with Crippen LogP contribution in [0.4, 0.5) is 0 Å². The summed E-state index contributed by atoms with van der Waals surface area (Å²) in [4.78, 5) is 0. The predicted molar refractivity (Wildman–Crippen MR) is 140 cm³/mol. The SMILES string of the molecule is CCC1CCCCSCCCCC(CC)CO[PH](Oc2ccccc2)(C(C)(C)C)OC1. The molecular formula is C26H47O3PS. The Balaban J connectivity index is 2.25. The van der Waals surface area contributed by atoms with E-state index in [1.807, 2.05) is 30.3 Å². The van der Waals surface area contributed by atoms with Crippen molar-refractivity contribution >= 4 is 19.7 Å². The number of rotatable bonds is 4. The molecule has 0 spiro atoms. The zero-order chi connectivity index (χ0) is 22.6. The van der Waals surface area contributed by atoms with E-state index in [4.69, 9.17) is 13.6 Å². The molecule has 1 heterocycles. The molecule has 0 aromatic heterocycles. The summed E-state index contributed by atoms with van der Waals surface area (Å²) < 4.78 is 20.3. The molecule has 0 amide bonds. The Morgan fingerprint density at radius 2 is 1.39 bits per heavy atom. The first-order valence-corrected chi connectivity index (χ1v) is 15.4. The minimum atomic E-state index is -2.97. The van der Waals surface area contributed by atoms with Gasteiger partial charge >= 0.3 is 197 Å². The van der Waals surface area contributed by atoms with Crippen LogP contribution in [0.25, 0.3) is 0 Å². The predicted octanol–water partition coefficient (Wildman–Crippen LogP) is 8.53. The molecule has 0 N–H and O–H groups in total. The molecule has 1 aromatic carbocycles. The number of thioether (sulfide) groups is 1. The molecule has 31 heavy (non-hydrogen) atoms. The van der Waals surface area contributed by atoms with Crippen LogP contribution in [0.1, 0.15) is 86.0 Å². The van der Waals surface area contributed by atoms with Crippen molar-refractivity contribution in [3.63, 3.8) is 0 Å². The summed E-state index contributed by atoms with van der Waals surface area (Å²) in [5, 5.41) is -0.193. The number of benzene rings is 1. The van der Waals surface area contributed by atoms with E-state index in [0.29, 0.717) is 11.8 Å². The Morgan fingerprint density at radius 1 is 0.871 bits per heavy atom. The minimum absolute atomic E-state index is 0.193. The van der Waals surface area contributed by atoms with Crippen molar-refractivity contribution in [3.8, 4) is 5.75 Å². The zero-order valence-corrected chi connectivity index (χ0v) is 22.5. The second-order valence-corrected chi connectivity index (χ2v) is 14.6.